The van der Waals surface area contributed by atoms with Gasteiger partial charge in [0.25, 0.3) is 0 Å². The molecule has 0 bridgehead atoms. The monoisotopic (exact) mass is 230 g/mol. The van der Waals surface area contributed by atoms with Crippen LogP contribution in [0.3, 0.4) is 0 Å². The Kier molecular flexibility index (Phi) is 8.21. The molecule has 0 aliphatic heterocycles. The molecule has 0 aliphatic rings. The van der Waals surface area contributed by atoms with Gasteiger partial charge in [-0.1, -0.05) is 20.8 Å². The first-order valence-corrected chi connectivity index (χ1v) is 6.22. The van der Waals surface area contributed by atoms with Crippen LogP contribution in [0.1, 0.15) is 40.0 Å². The minimum atomic E-state index is -0.0783. The molecule has 96 valence electrons. The molecule has 0 aliphatic carbocycles. The predicted molar refractivity (Wildman–Crippen MR) is 66.3 cm³/mol. The molecule has 0 aromatic heterocycles. The quantitative estimate of drug-likeness (QED) is 0.551. The summed E-state index contributed by atoms with van der Waals surface area (Å²) in [6, 6.07) is 0. The molecule has 0 heterocycles. The van der Waals surface area contributed by atoms with E-state index >= 15 is 0 Å². The molecule has 0 aromatic carbocycles. The maximum atomic E-state index is 11.3. The maximum absolute atomic E-state index is 11.3. The number of carbonyl (C=O) groups excluding carboxylic acids is 1. The van der Waals surface area contributed by atoms with Gasteiger partial charge < -0.3 is 15.7 Å². The zero-order valence-electron chi connectivity index (χ0n) is 10.8. The molecule has 0 saturated heterocycles. The van der Waals surface area contributed by atoms with Gasteiger partial charge in [-0.15, -0.1) is 0 Å². The van der Waals surface area contributed by atoms with Crippen molar-refractivity contribution in [3.63, 3.8) is 0 Å². The van der Waals surface area contributed by atoms with Gasteiger partial charge in [0.15, 0.2) is 0 Å². The van der Waals surface area contributed by atoms with Crippen LogP contribution in [0.2, 0.25) is 0 Å². The van der Waals surface area contributed by atoms with Gasteiger partial charge >= 0.3 is 0 Å². The molecule has 3 N–H and O–H groups in total. The normalized spacial score (nSPS) is 11.5. The molecule has 4 heteroatoms. The van der Waals surface area contributed by atoms with E-state index in [1.54, 1.807) is 0 Å². The second kappa shape index (κ2) is 8.53. The van der Waals surface area contributed by atoms with E-state index in [0.29, 0.717) is 13.1 Å². The molecule has 0 rings (SSSR count). The Hall–Kier alpha value is -0.610. The molecule has 0 unspecified atom stereocenters. The summed E-state index contributed by atoms with van der Waals surface area (Å²) >= 11 is 0. The number of aliphatic hydroxyl groups excluding tert-OH is 1. The number of hydrogen-bond donors (Lipinski definition) is 3. The fourth-order valence-corrected chi connectivity index (χ4v) is 1.55. The second-order valence-corrected chi connectivity index (χ2v) is 4.32. The van der Waals surface area contributed by atoms with E-state index in [9.17, 15) is 9.90 Å². The predicted octanol–water partition coefficient (Wildman–Crippen LogP) is 0.901. The molecule has 1 amide bonds. The lowest BCUT2D eigenvalue weighted by atomic mass is 9.83. The van der Waals surface area contributed by atoms with E-state index in [-0.39, 0.29) is 17.9 Å². The van der Waals surface area contributed by atoms with Gasteiger partial charge in [0, 0.05) is 25.1 Å². The van der Waals surface area contributed by atoms with Crippen molar-refractivity contribution >= 4 is 5.91 Å². The summed E-state index contributed by atoms with van der Waals surface area (Å²) in [5, 5.41) is 15.3. The standard InChI is InChI=1S/C12H26N2O2/c1-4-7-14-11(16)8-13-9-12(5-2,6-3)10-15/h13,15H,4-10H2,1-3H3,(H,14,16). The molecule has 16 heavy (non-hydrogen) atoms. The van der Waals surface area contributed by atoms with E-state index in [1.165, 1.54) is 0 Å². The summed E-state index contributed by atoms with van der Waals surface area (Å²) in [6.07, 6.45) is 2.80. The number of carbonyl (C=O) groups is 1. The van der Waals surface area contributed by atoms with Gasteiger partial charge in [0.1, 0.15) is 0 Å². The fraction of sp³-hybridized carbons (Fsp3) is 0.917. The summed E-state index contributed by atoms with van der Waals surface area (Å²) in [4.78, 5) is 11.3. The van der Waals surface area contributed by atoms with Crippen LogP contribution in [0, 0.1) is 5.41 Å². The van der Waals surface area contributed by atoms with Gasteiger partial charge in [-0.3, -0.25) is 4.79 Å². The Morgan fingerprint density at radius 2 is 1.88 bits per heavy atom. The zero-order valence-corrected chi connectivity index (χ0v) is 10.8. The van der Waals surface area contributed by atoms with Crippen molar-refractivity contribution in [2.75, 3.05) is 26.2 Å². The van der Waals surface area contributed by atoms with Crippen LogP contribution in [-0.2, 0) is 4.79 Å². The highest BCUT2D eigenvalue weighted by atomic mass is 16.3. The molecule has 4 nitrogen and oxygen atoms in total. The van der Waals surface area contributed by atoms with Crippen LogP contribution in [-0.4, -0.2) is 37.3 Å². The first kappa shape index (κ1) is 15.4. The average molecular weight is 230 g/mol. The number of amides is 1. The minimum Gasteiger partial charge on any atom is -0.396 e. The van der Waals surface area contributed by atoms with Crippen molar-refractivity contribution in [1.82, 2.24) is 10.6 Å². The maximum Gasteiger partial charge on any atom is 0.233 e. The third kappa shape index (κ3) is 5.47. The average Bonchev–Trinajstić information content (AvgIpc) is 2.33. The van der Waals surface area contributed by atoms with Crippen LogP contribution < -0.4 is 10.6 Å². The number of rotatable bonds is 9. The molecule has 0 aromatic rings. The molecule has 0 atom stereocenters. The number of nitrogens with one attached hydrogen (secondary N) is 2. The van der Waals surface area contributed by atoms with Crippen LogP contribution in [0.4, 0.5) is 0 Å². The Morgan fingerprint density at radius 3 is 2.31 bits per heavy atom. The first-order chi connectivity index (χ1) is 7.64. The summed E-state index contributed by atoms with van der Waals surface area (Å²) in [6.45, 7) is 8.09. The summed E-state index contributed by atoms with van der Waals surface area (Å²) in [5.74, 6) is 0.0286. The summed E-state index contributed by atoms with van der Waals surface area (Å²) in [5.41, 5.74) is -0.0783. The lowest BCUT2D eigenvalue weighted by Gasteiger charge is -2.29. The highest BCUT2D eigenvalue weighted by molar-refractivity contribution is 5.77. The van der Waals surface area contributed by atoms with Crippen LogP contribution in [0.5, 0.6) is 0 Å². The Bertz CT molecular complexity index is 183. The highest BCUT2D eigenvalue weighted by Gasteiger charge is 2.24. The van der Waals surface area contributed by atoms with E-state index in [0.717, 1.165) is 25.8 Å². The Balaban J connectivity index is 3.81. The van der Waals surface area contributed by atoms with Crippen molar-refractivity contribution in [2.45, 2.75) is 40.0 Å². The Morgan fingerprint density at radius 1 is 1.25 bits per heavy atom. The SMILES string of the molecule is CCCNC(=O)CNCC(CC)(CC)CO. The van der Waals surface area contributed by atoms with E-state index in [2.05, 4.69) is 24.5 Å². The smallest absolute Gasteiger partial charge is 0.233 e. The van der Waals surface area contributed by atoms with Crippen LogP contribution in [0.15, 0.2) is 0 Å². The van der Waals surface area contributed by atoms with Crippen molar-refractivity contribution in [3.8, 4) is 0 Å². The van der Waals surface area contributed by atoms with Crippen molar-refractivity contribution < 1.29 is 9.90 Å². The second-order valence-electron chi connectivity index (χ2n) is 4.32. The largest absolute Gasteiger partial charge is 0.396 e. The molecular formula is C12H26N2O2. The van der Waals surface area contributed by atoms with Crippen molar-refractivity contribution in [1.29, 1.82) is 0 Å². The molecule has 0 spiro atoms. The van der Waals surface area contributed by atoms with E-state index in [4.69, 9.17) is 0 Å². The van der Waals surface area contributed by atoms with Crippen LogP contribution >= 0.6 is 0 Å². The first-order valence-electron chi connectivity index (χ1n) is 6.22. The topological polar surface area (TPSA) is 61.4 Å². The van der Waals surface area contributed by atoms with Gasteiger partial charge in [-0.25, -0.2) is 0 Å². The highest BCUT2D eigenvalue weighted by Crippen LogP contribution is 2.24. The van der Waals surface area contributed by atoms with Gasteiger partial charge in [0.05, 0.1) is 6.54 Å². The van der Waals surface area contributed by atoms with Gasteiger partial charge in [-0.05, 0) is 19.3 Å². The Labute approximate surface area is 98.8 Å². The third-order valence-electron chi connectivity index (χ3n) is 3.19. The molecule has 0 radical (unpaired) electrons. The van der Waals surface area contributed by atoms with Gasteiger partial charge in [0.2, 0.25) is 5.91 Å². The summed E-state index contributed by atoms with van der Waals surface area (Å²) in [7, 11) is 0. The molecule has 0 fully saturated rings. The van der Waals surface area contributed by atoms with Gasteiger partial charge in [-0.2, -0.15) is 0 Å². The fourth-order valence-electron chi connectivity index (χ4n) is 1.55. The number of aliphatic hydroxyl groups is 1. The minimum absolute atomic E-state index is 0.0286. The lowest BCUT2D eigenvalue weighted by Crippen LogP contribution is -2.41. The van der Waals surface area contributed by atoms with Crippen molar-refractivity contribution in [2.24, 2.45) is 5.41 Å². The lowest BCUT2D eigenvalue weighted by molar-refractivity contribution is -0.120. The number of hydrogen-bond acceptors (Lipinski definition) is 3. The van der Waals surface area contributed by atoms with Crippen molar-refractivity contribution in [3.05, 3.63) is 0 Å². The molecule has 0 saturated carbocycles. The van der Waals surface area contributed by atoms with Crippen LogP contribution in [0.25, 0.3) is 0 Å². The summed E-state index contributed by atoms with van der Waals surface area (Å²) < 4.78 is 0. The van der Waals surface area contributed by atoms with E-state index in [1.807, 2.05) is 6.92 Å². The van der Waals surface area contributed by atoms with E-state index < -0.39 is 0 Å². The molecular weight excluding hydrogens is 204 g/mol. The zero-order chi connectivity index (χ0) is 12.4. The third-order valence-corrected chi connectivity index (χ3v) is 3.19.